The molecular weight excluding hydrogens is 330 g/mol. The van der Waals surface area contributed by atoms with E-state index in [2.05, 4.69) is 35.7 Å². The van der Waals surface area contributed by atoms with E-state index in [0.29, 0.717) is 22.0 Å². The summed E-state index contributed by atoms with van der Waals surface area (Å²) in [5, 5.41) is 3.95. The highest BCUT2D eigenvalue weighted by Crippen LogP contribution is 2.52. The summed E-state index contributed by atoms with van der Waals surface area (Å²) in [4.78, 5) is 2.30. The zero-order valence-corrected chi connectivity index (χ0v) is 15.1. The quantitative estimate of drug-likeness (QED) is 0.782. The molecule has 1 aromatic carbocycles. The van der Waals surface area contributed by atoms with E-state index in [1.165, 1.54) is 25.0 Å². The van der Waals surface area contributed by atoms with Crippen molar-refractivity contribution < 1.29 is 13.5 Å². The van der Waals surface area contributed by atoms with Crippen LogP contribution in [0.2, 0.25) is 0 Å². The summed E-state index contributed by atoms with van der Waals surface area (Å²) < 4.78 is 28.7. The number of halogens is 2. The number of fused-ring (bicyclic) bond motifs is 2. The summed E-state index contributed by atoms with van der Waals surface area (Å²) in [6, 6.07) is 6.92. The van der Waals surface area contributed by atoms with Gasteiger partial charge in [-0.25, -0.2) is 0 Å². The third-order valence-corrected chi connectivity index (χ3v) is 5.34. The maximum atomic E-state index is 12.2. The molecule has 24 heavy (non-hydrogen) atoms. The van der Waals surface area contributed by atoms with Crippen LogP contribution in [0, 0.1) is 10.8 Å². The van der Waals surface area contributed by atoms with E-state index in [1.54, 1.807) is 12.1 Å². The third kappa shape index (κ3) is 3.79. The van der Waals surface area contributed by atoms with Gasteiger partial charge < -0.3 is 15.0 Å². The lowest BCUT2D eigenvalue weighted by molar-refractivity contribution is -0.0498. The molecule has 132 valence electrons. The van der Waals surface area contributed by atoms with Gasteiger partial charge in [-0.15, -0.1) is 0 Å². The lowest BCUT2D eigenvalue weighted by Gasteiger charge is -2.39. The Morgan fingerprint density at radius 2 is 1.92 bits per heavy atom. The van der Waals surface area contributed by atoms with E-state index in [-0.39, 0.29) is 5.75 Å². The normalized spacial score (nSPS) is 28.1. The highest BCUT2D eigenvalue weighted by atomic mass is 32.1. The zero-order valence-electron chi connectivity index (χ0n) is 14.3. The maximum Gasteiger partial charge on any atom is 0.387 e. The third-order valence-electron chi connectivity index (χ3n) is 5.01. The number of likely N-dealkylation sites (tertiary alicyclic amines) is 1. The fourth-order valence-electron chi connectivity index (χ4n) is 4.61. The Hall–Kier alpha value is -1.43. The molecule has 1 N–H and O–H groups in total. The lowest BCUT2D eigenvalue weighted by Crippen LogP contribution is -2.39. The van der Waals surface area contributed by atoms with Crippen molar-refractivity contribution >= 4 is 23.0 Å². The number of benzene rings is 1. The molecular formula is C18H24F2N2OS. The van der Waals surface area contributed by atoms with Crippen LogP contribution in [0.4, 0.5) is 14.5 Å². The van der Waals surface area contributed by atoms with Crippen molar-refractivity contribution in [2.24, 2.45) is 10.8 Å². The van der Waals surface area contributed by atoms with Crippen LogP contribution in [-0.4, -0.2) is 29.2 Å². The molecule has 2 bridgehead atoms. The van der Waals surface area contributed by atoms with Crippen LogP contribution in [0.3, 0.4) is 0 Å². The van der Waals surface area contributed by atoms with E-state index >= 15 is 0 Å². The molecule has 6 heteroatoms. The van der Waals surface area contributed by atoms with Crippen molar-refractivity contribution in [1.29, 1.82) is 0 Å². The van der Waals surface area contributed by atoms with Crippen molar-refractivity contribution in [2.75, 3.05) is 11.9 Å². The minimum atomic E-state index is -2.81. The molecule has 0 aromatic heterocycles. The molecule has 3 nitrogen and oxygen atoms in total. The first-order chi connectivity index (χ1) is 11.2. The number of nitrogens with one attached hydrogen (secondary N) is 1. The Labute approximate surface area is 147 Å². The largest absolute Gasteiger partial charge is 0.435 e. The average molecular weight is 354 g/mol. The van der Waals surface area contributed by atoms with E-state index in [0.717, 1.165) is 18.7 Å². The molecule has 0 amide bonds. The van der Waals surface area contributed by atoms with E-state index in [9.17, 15) is 8.78 Å². The molecule has 1 heterocycles. The summed E-state index contributed by atoms with van der Waals surface area (Å²) in [5.74, 6) is 0.146. The van der Waals surface area contributed by atoms with Gasteiger partial charge in [0.25, 0.3) is 0 Å². The number of nitrogens with zero attached hydrogens (tertiary/aromatic N) is 1. The number of alkyl halides is 2. The molecule has 1 aromatic rings. The molecule has 1 saturated heterocycles. The first kappa shape index (κ1) is 17.4. The highest BCUT2D eigenvalue weighted by molar-refractivity contribution is 7.80. The second-order valence-electron chi connectivity index (χ2n) is 8.17. The van der Waals surface area contributed by atoms with Gasteiger partial charge >= 0.3 is 6.61 Å². The molecule has 3 rings (SSSR count). The predicted octanol–water partition coefficient (Wildman–Crippen LogP) is 4.89. The standard InChI is InChI=1S/C18H24F2N2OS/c1-17(2)8-13-9-18(3,10-17)11-22(13)16(24)21-12-4-6-14(7-5-12)23-15(19)20/h4-7,13,15H,8-11H2,1-3H3,(H,21,24)/t13-,18-/m0/s1. The second-order valence-corrected chi connectivity index (χ2v) is 8.56. The molecule has 0 unspecified atom stereocenters. The molecule has 0 radical (unpaired) electrons. The number of hydrogen-bond acceptors (Lipinski definition) is 2. The predicted molar refractivity (Wildman–Crippen MR) is 95.5 cm³/mol. The first-order valence-electron chi connectivity index (χ1n) is 8.28. The van der Waals surface area contributed by atoms with Crippen molar-refractivity contribution in [3.63, 3.8) is 0 Å². The van der Waals surface area contributed by atoms with Crippen LogP contribution in [0.25, 0.3) is 0 Å². The molecule has 0 spiro atoms. The van der Waals surface area contributed by atoms with E-state index in [1.807, 2.05) is 0 Å². The lowest BCUT2D eigenvalue weighted by atomic mass is 9.65. The van der Waals surface area contributed by atoms with Gasteiger partial charge in [0.05, 0.1) is 0 Å². The minimum absolute atomic E-state index is 0.146. The Balaban J connectivity index is 1.65. The average Bonchev–Trinajstić information content (AvgIpc) is 2.69. The topological polar surface area (TPSA) is 24.5 Å². The van der Waals surface area contributed by atoms with Crippen LogP contribution < -0.4 is 10.1 Å². The van der Waals surface area contributed by atoms with Crippen molar-refractivity contribution in [3.05, 3.63) is 24.3 Å². The van der Waals surface area contributed by atoms with Gasteiger partial charge in [0.1, 0.15) is 5.75 Å². The molecule has 2 fully saturated rings. The van der Waals surface area contributed by atoms with Crippen molar-refractivity contribution in [3.8, 4) is 5.75 Å². The number of ether oxygens (including phenoxy) is 1. The van der Waals surface area contributed by atoms with Gasteiger partial charge in [-0.1, -0.05) is 20.8 Å². The maximum absolute atomic E-state index is 12.2. The highest BCUT2D eigenvalue weighted by Gasteiger charge is 2.50. The first-order valence-corrected chi connectivity index (χ1v) is 8.69. The summed E-state index contributed by atoms with van der Waals surface area (Å²) in [5.41, 5.74) is 1.44. The van der Waals surface area contributed by atoms with E-state index in [4.69, 9.17) is 12.2 Å². The monoisotopic (exact) mass is 354 g/mol. The Kier molecular flexibility index (Phi) is 4.45. The van der Waals surface area contributed by atoms with Crippen LogP contribution >= 0.6 is 12.2 Å². The van der Waals surface area contributed by atoms with Crippen LogP contribution in [0.1, 0.15) is 40.0 Å². The summed E-state index contributed by atoms with van der Waals surface area (Å²) in [6.45, 7) is 5.18. The van der Waals surface area contributed by atoms with Gasteiger partial charge in [-0.2, -0.15) is 8.78 Å². The number of thiocarbonyl (C=S) groups is 1. The molecule has 2 aliphatic rings. The van der Waals surface area contributed by atoms with Crippen molar-refractivity contribution in [1.82, 2.24) is 4.90 Å². The molecule has 1 aliphatic carbocycles. The number of anilines is 1. The zero-order chi connectivity index (χ0) is 17.5. The van der Waals surface area contributed by atoms with Gasteiger partial charge in [-0.05, 0) is 66.6 Å². The molecule has 1 saturated carbocycles. The molecule has 1 aliphatic heterocycles. The second kappa shape index (κ2) is 6.14. The Morgan fingerprint density at radius 3 is 2.54 bits per heavy atom. The fraction of sp³-hybridized carbons (Fsp3) is 0.611. The van der Waals surface area contributed by atoms with Crippen LogP contribution in [0.5, 0.6) is 5.75 Å². The Bertz CT molecular complexity index is 620. The minimum Gasteiger partial charge on any atom is -0.435 e. The van der Waals surface area contributed by atoms with Gasteiger partial charge in [-0.3, -0.25) is 0 Å². The summed E-state index contributed by atoms with van der Waals surface area (Å²) in [6.07, 6.45) is 3.54. The number of hydrogen-bond donors (Lipinski definition) is 1. The SMILES string of the molecule is CC1(C)C[C@H]2C[C@](C)(CN2C(=S)Nc2ccc(OC(F)F)cc2)C1. The number of rotatable bonds is 3. The van der Waals surface area contributed by atoms with Gasteiger partial charge in [0.2, 0.25) is 0 Å². The van der Waals surface area contributed by atoms with Crippen LogP contribution in [-0.2, 0) is 0 Å². The smallest absolute Gasteiger partial charge is 0.387 e. The van der Waals surface area contributed by atoms with E-state index < -0.39 is 6.61 Å². The summed E-state index contributed by atoms with van der Waals surface area (Å²) >= 11 is 5.61. The fourth-order valence-corrected chi connectivity index (χ4v) is 4.94. The van der Waals surface area contributed by atoms with Gasteiger partial charge in [0.15, 0.2) is 5.11 Å². The summed E-state index contributed by atoms with van der Waals surface area (Å²) in [7, 11) is 0. The van der Waals surface area contributed by atoms with Gasteiger partial charge in [0, 0.05) is 18.3 Å². The molecule has 2 atom stereocenters. The van der Waals surface area contributed by atoms with Crippen LogP contribution in [0.15, 0.2) is 24.3 Å². The van der Waals surface area contributed by atoms with Crippen molar-refractivity contribution in [2.45, 2.75) is 52.7 Å². The Morgan fingerprint density at radius 1 is 1.25 bits per heavy atom.